The predicted molar refractivity (Wildman–Crippen MR) is 202 cm³/mol. The number of aliphatic hydroxyl groups excluding tert-OH is 1. The van der Waals surface area contributed by atoms with E-state index < -0.39 is 21.9 Å². The Bertz CT molecular complexity index is 2040. The van der Waals surface area contributed by atoms with Crippen LogP contribution in [-0.4, -0.2) is 49.3 Å². The average Bonchev–Trinajstić information content (AvgIpc) is 3.19. The third kappa shape index (κ3) is 8.49. The third-order valence-electron chi connectivity index (χ3n) is 10.2. The van der Waals surface area contributed by atoms with E-state index in [-0.39, 0.29) is 30.3 Å². The van der Waals surface area contributed by atoms with Crippen molar-refractivity contribution in [1.82, 2.24) is 9.62 Å². The fourth-order valence-corrected chi connectivity index (χ4v) is 8.26. The number of piperidine rings is 1. The van der Waals surface area contributed by atoms with Gasteiger partial charge in [-0.3, -0.25) is 0 Å². The van der Waals surface area contributed by atoms with Gasteiger partial charge >= 0.3 is 0 Å². The predicted octanol–water partition coefficient (Wildman–Crippen LogP) is 7.51. The first kappa shape index (κ1) is 36.5. The summed E-state index contributed by atoms with van der Waals surface area (Å²) in [6.45, 7) is 2.29. The highest BCUT2D eigenvalue weighted by atomic mass is 35.5. The molecule has 0 unspecified atom stereocenters. The van der Waals surface area contributed by atoms with Crippen LogP contribution >= 0.6 is 11.6 Å². The summed E-state index contributed by atoms with van der Waals surface area (Å²) in [5.41, 5.74) is 5.49. The van der Waals surface area contributed by atoms with E-state index in [1.807, 2.05) is 97.1 Å². The molecule has 0 amide bonds. The van der Waals surface area contributed by atoms with Crippen molar-refractivity contribution >= 4 is 21.6 Å². The molecule has 2 heterocycles. The van der Waals surface area contributed by atoms with E-state index in [4.69, 9.17) is 21.1 Å². The number of hydrogen-bond donors (Lipinski definition) is 3. The molecule has 3 atom stereocenters. The van der Waals surface area contributed by atoms with Gasteiger partial charge in [-0.2, -0.15) is 0 Å². The molecule has 7 rings (SSSR count). The number of halogens is 1. The van der Waals surface area contributed by atoms with Gasteiger partial charge in [0.15, 0.2) is 6.29 Å². The molecule has 10 heteroatoms. The number of aliphatic hydroxyl groups is 2. The van der Waals surface area contributed by atoms with Crippen molar-refractivity contribution < 1.29 is 28.1 Å². The molecule has 5 aromatic rings. The maximum atomic E-state index is 12.9. The lowest BCUT2D eigenvalue weighted by molar-refractivity contribution is -0.253. The number of nitrogens with zero attached hydrogens (tertiary/aromatic N) is 1. The van der Waals surface area contributed by atoms with Crippen molar-refractivity contribution in [3.63, 3.8) is 0 Å². The Hall–Kier alpha value is -3.90. The molecule has 52 heavy (non-hydrogen) atoms. The summed E-state index contributed by atoms with van der Waals surface area (Å²) in [6, 6.07) is 39.5. The Balaban J connectivity index is 1.06. The molecule has 0 aliphatic carbocycles. The minimum absolute atomic E-state index is 0.0220. The van der Waals surface area contributed by atoms with Gasteiger partial charge in [-0.25, -0.2) is 13.1 Å². The molecule has 2 aliphatic rings. The van der Waals surface area contributed by atoms with Gasteiger partial charge in [0.05, 0.1) is 29.3 Å². The van der Waals surface area contributed by atoms with Gasteiger partial charge < -0.3 is 24.6 Å². The van der Waals surface area contributed by atoms with Gasteiger partial charge in [0.1, 0.15) is 0 Å². The minimum atomic E-state index is -3.66. The van der Waals surface area contributed by atoms with Crippen molar-refractivity contribution in [3.8, 4) is 11.1 Å². The van der Waals surface area contributed by atoms with E-state index in [0.717, 1.165) is 52.0 Å². The van der Waals surface area contributed by atoms with Gasteiger partial charge in [-0.1, -0.05) is 115 Å². The summed E-state index contributed by atoms with van der Waals surface area (Å²) in [4.78, 5) is 2.58. The van der Waals surface area contributed by atoms with Crippen LogP contribution in [0.5, 0.6) is 0 Å². The molecule has 0 bridgehead atoms. The van der Waals surface area contributed by atoms with E-state index in [0.29, 0.717) is 30.8 Å². The Labute approximate surface area is 310 Å². The zero-order chi connectivity index (χ0) is 36.1. The van der Waals surface area contributed by atoms with Crippen molar-refractivity contribution in [1.29, 1.82) is 0 Å². The molecular formula is C42H43ClN2O6S. The molecule has 0 saturated carbocycles. The first-order valence-corrected chi connectivity index (χ1v) is 19.5. The monoisotopic (exact) mass is 738 g/mol. The number of likely N-dealkylation sites (tertiary alicyclic amines) is 1. The maximum absolute atomic E-state index is 12.9. The fraction of sp³-hybridized carbons (Fsp3) is 0.286. The van der Waals surface area contributed by atoms with Crippen LogP contribution in [0, 0.1) is 0 Å². The molecule has 270 valence electrons. The summed E-state index contributed by atoms with van der Waals surface area (Å²) in [7, 11) is -3.66. The molecular weight excluding hydrogens is 696 g/mol. The van der Waals surface area contributed by atoms with E-state index in [1.165, 1.54) is 0 Å². The van der Waals surface area contributed by atoms with Crippen molar-refractivity contribution in [2.45, 2.75) is 61.4 Å². The lowest BCUT2D eigenvalue weighted by atomic mass is 9.84. The molecule has 0 aromatic heterocycles. The molecule has 0 spiro atoms. The SMILES string of the molecule is O=S(=O)(NCc1ccccc1-c1ccc([C@@H]2O[C@H](CN3CCC(O)(c4ccc(Cl)cc4)CC3)C[C@H](c3ccc(CO)cc3)O2)cc1)c1ccccc1. The summed E-state index contributed by atoms with van der Waals surface area (Å²) in [5, 5.41) is 21.7. The molecule has 0 radical (unpaired) electrons. The van der Waals surface area contributed by atoms with Gasteiger partial charge in [0, 0.05) is 43.2 Å². The van der Waals surface area contributed by atoms with Gasteiger partial charge in [0.25, 0.3) is 0 Å². The molecule has 2 saturated heterocycles. The lowest BCUT2D eigenvalue weighted by Crippen LogP contribution is -2.46. The van der Waals surface area contributed by atoms with Crippen LogP contribution in [0.15, 0.2) is 132 Å². The first-order chi connectivity index (χ1) is 25.2. The number of benzene rings is 5. The fourth-order valence-electron chi connectivity index (χ4n) is 7.11. The first-order valence-electron chi connectivity index (χ1n) is 17.6. The number of sulfonamides is 1. The molecule has 8 nitrogen and oxygen atoms in total. The van der Waals surface area contributed by atoms with E-state index >= 15 is 0 Å². The van der Waals surface area contributed by atoms with Crippen LogP contribution in [0.2, 0.25) is 5.02 Å². The maximum Gasteiger partial charge on any atom is 0.240 e. The molecule has 2 aliphatic heterocycles. The Morgan fingerprint density at radius 1 is 0.788 bits per heavy atom. The highest BCUT2D eigenvalue weighted by Crippen LogP contribution is 2.40. The van der Waals surface area contributed by atoms with Gasteiger partial charge in [-0.15, -0.1) is 0 Å². The van der Waals surface area contributed by atoms with E-state index in [2.05, 4.69) is 9.62 Å². The number of ether oxygens (including phenoxy) is 2. The van der Waals surface area contributed by atoms with Crippen LogP contribution in [0.1, 0.15) is 59.5 Å². The second kappa shape index (κ2) is 16.0. The zero-order valence-electron chi connectivity index (χ0n) is 28.8. The summed E-state index contributed by atoms with van der Waals surface area (Å²) in [5.74, 6) is 0. The van der Waals surface area contributed by atoms with E-state index in [9.17, 15) is 18.6 Å². The Morgan fingerprint density at radius 3 is 2.13 bits per heavy atom. The number of rotatable bonds is 11. The molecule has 2 fully saturated rings. The largest absolute Gasteiger partial charge is 0.392 e. The van der Waals surface area contributed by atoms with Crippen molar-refractivity contribution in [2.24, 2.45) is 0 Å². The van der Waals surface area contributed by atoms with Crippen LogP contribution < -0.4 is 4.72 Å². The van der Waals surface area contributed by atoms with Crippen LogP contribution in [-0.2, 0) is 38.2 Å². The molecule has 5 aromatic carbocycles. The van der Waals surface area contributed by atoms with Crippen molar-refractivity contribution in [3.05, 3.63) is 160 Å². The Morgan fingerprint density at radius 2 is 1.44 bits per heavy atom. The van der Waals surface area contributed by atoms with Crippen LogP contribution in [0.4, 0.5) is 0 Å². The van der Waals surface area contributed by atoms with Gasteiger partial charge in [0.2, 0.25) is 10.0 Å². The topological polar surface area (TPSA) is 108 Å². The van der Waals surface area contributed by atoms with Gasteiger partial charge in [-0.05, 0) is 70.5 Å². The normalized spacial score (nSPS) is 20.8. The number of hydrogen-bond acceptors (Lipinski definition) is 7. The standard InChI is InChI=1S/C42H43ClN2O6S/c43-36-20-18-35(19-21-36)42(47)22-24-45(25-23-42)28-37-26-40(32-12-10-30(29-46)11-13-32)51-41(50-37)33-16-14-31(15-17-33)39-9-5-4-6-34(39)27-44-52(48,49)38-7-2-1-3-8-38/h1-21,37,40-41,44,46-47H,22-29H2/t37-,40+,41+/m0/s1. The second-order valence-electron chi connectivity index (χ2n) is 13.6. The third-order valence-corrected chi connectivity index (χ3v) is 11.8. The van der Waals surface area contributed by atoms with Crippen LogP contribution in [0.25, 0.3) is 11.1 Å². The second-order valence-corrected chi connectivity index (χ2v) is 15.8. The van der Waals surface area contributed by atoms with E-state index in [1.54, 1.807) is 30.3 Å². The summed E-state index contributed by atoms with van der Waals surface area (Å²) in [6.07, 6.45) is 0.941. The molecule has 3 N–H and O–H groups in total. The summed E-state index contributed by atoms with van der Waals surface area (Å²) >= 11 is 6.09. The number of nitrogens with one attached hydrogen (secondary N) is 1. The average molecular weight is 739 g/mol. The van der Waals surface area contributed by atoms with Crippen molar-refractivity contribution in [2.75, 3.05) is 19.6 Å². The minimum Gasteiger partial charge on any atom is -0.392 e. The quantitative estimate of drug-likeness (QED) is 0.129. The van der Waals surface area contributed by atoms with Crippen LogP contribution in [0.3, 0.4) is 0 Å². The highest BCUT2D eigenvalue weighted by molar-refractivity contribution is 7.89. The lowest BCUT2D eigenvalue weighted by Gasteiger charge is -2.42. The highest BCUT2D eigenvalue weighted by Gasteiger charge is 2.37. The Kier molecular flexibility index (Phi) is 11.2. The zero-order valence-corrected chi connectivity index (χ0v) is 30.3. The summed E-state index contributed by atoms with van der Waals surface area (Å²) < 4.78 is 41.8. The smallest absolute Gasteiger partial charge is 0.240 e.